The second-order valence-electron chi connectivity index (χ2n) is 14.0. The molecule has 0 saturated carbocycles. The summed E-state index contributed by atoms with van der Waals surface area (Å²) in [5.41, 5.74) is 12.4. The van der Waals surface area contributed by atoms with Gasteiger partial charge in [0.1, 0.15) is 0 Å². The number of anilines is 3. The zero-order chi connectivity index (χ0) is 35.9. The van der Waals surface area contributed by atoms with Crippen molar-refractivity contribution in [3.8, 4) is 16.8 Å². The van der Waals surface area contributed by atoms with Gasteiger partial charge in [-0.1, -0.05) is 121 Å². The van der Waals surface area contributed by atoms with Gasteiger partial charge in [0.05, 0.1) is 11.0 Å². The van der Waals surface area contributed by atoms with Crippen LogP contribution in [0.25, 0.3) is 38.6 Å². The predicted molar refractivity (Wildman–Crippen MR) is 232 cm³/mol. The minimum atomic E-state index is 1.07. The van der Waals surface area contributed by atoms with E-state index in [1.165, 1.54) is 101 Å². The van der Waals surface area contributed by atoms with Gasteiger partial charge in [0.15, 0.2) is 0 Å². The average molecular weight is 813 g/mol. The molecule has 6 aromatic carbocycles. The molecule has 0 bridgehead atoms. The van der Waals surface area contributed by atoms with E-state index in [2.05, 4.69) is 189 Å². The summed E-state index contributed by atoms with van der Waals surface area (Å²) >= 11 is 7.19. The normalized spacial score (nSPS) is 11.5. The van der Waals surface area contributed by atoms with Gasteiger partial charge in [-0.05, 0) is 145 Å². The Bertz CT molecular complexity index is 2100. The average Bonchev–Trinajstić information content (AvgIpc) is 3.50. The van der Waals surface area contributed by atoms with Crippen molar-refractivity contribution >= 4 is 70.7 Å². The molecular formula is C48H48Br2N2. The largest absolute Gasteiger partial charge is 0.311 e. The van der Waals surface area contributed by atoms with Crippen molar-refractivity contribution in [2.45, 2.75) is 78.1 Å². The van der Waals surface area contributed by atoms with Crippen molar-refractivity contribution in [3.63, 3.8) is 0 Å². The molecule has 4 heteroatoms. The van der Waals surface area contributed by atoms with Crippen LogP contribution in [0.4, 0.5) is 17.1 Å². The molecule has 1 aromatic heterocycles. The summed E-state index contributed by atoms with van der Waals surface area (Å²) in [6.07, 6.45) is 12.6. The highest BCUT2D eigenvalue weighted by molar-refractivity contribution is 9.10. The van der Waals surface area contributed by atoms with Gasteiger partial charge in [0, 0.05) is 42.5 Å². The highest BCUT2D eigenvalue weighted by atomic mass is 79.9. The van der Waals surface area contributed by atoms with Gasteiger partial charge in [-0.2, -0.15) is 0 Å². The molecule has 0 atom stereocenters. The first kappa shape index (κ1) is 36.2. The van der Waals surface area contributed by atoms with Crippen molar-refractivity contribution in [1.82, 2.24) is 4.57 Å². The maximum atomic E-state index is 3.60. The first-order valence-electron chi connectivity index (χ1n) is 19.1. The smallest absolute Gasteiger partial charge is 0.0541 e. The van der Waals surface area contributed by atoms with E-state index >= 15 is 0 Å². The number of halogens is 2. The quantitative estimate of drug-likeness (QED) is 0.0937. The Labute approximate surface area is 326 Å². The third-order valence-electron chi connectivity index (χ3n) is 10.3. The molecule has 2 nitrogen and oxygen atoms in total. The molecule has 264 valence electrons. The zero-order valence-electron chi connectivity index (χ0n) is 30.4. The van der Waals surface area contributed by atoms with E-state index in [9.17, 15) is 0 Å². The molecule has 0 aliphatic carbocycles. The van der Waals surface area contributed by atoms with Gasteiger partial charge >= 0.3 is 0 Å². The molecule has 0 amide bonds. The summed E-state index contributed by atoms with van der Waals surface area (Å²) in [6, 6.07) is 49.4. The molecule has 0 aliphatic heterocycles. The van der Waals surface area contributed by atoms with E-state index in [4.69, 9.17) is 0 Å². The minimum Gasteiger partial charge on any atom is -0.311 e. The van der Waals surface area contributed by atoms with Crippen LogP contribution in [0.3, 0.4) is 0 Å². The Morgan fingerprint density at radius 3 is 1.27 bits per heavy atom. The van der Waals surface area contributed by atoms with Gasteiger partial charge in [-0.25, -0.2) is 0 Å². The highest BCUT2D eigenvalue weighted by Crippen LogP contribution is 2.38. The van der Waals surface area contributed by atoms with Gasteiger partial charge in [-0.15, -0.1) is 0 Å². The lowest BCUT2D eigenvalue weighted by Crippen LogP contribution is -2.09. The monoisotopic (exact) mass is 810 g/mol. The number of hydrogen-bond acceptors (Lipinski definition) is 1. The third-order valence-corrected chi connectivity index (χ3v) is 11.3. The molecule has 0 fully saturated rings. The van der Waals surface area contributed by atoms with E-state index in [-0.39, 0.29) is 0 Å². The fraction of sp³-hybridized carbons (Fsp3) is 0.250. The zero-order valence-corrected chi connectivity index (χ0v) is 33.6. The SMILES string of the molecule is CCCCCCc1ccc2c(c1)c1cc(CCCCCC)ccc1n2-c1ccc(-c2ccc(N(c3ccc(Br)cc3)c3ccc(Br)cc3)cc2)cc1. The second-order valence-corrected chi connectivity index (χ2v) is 15.9. The summed E-state index contributed by atoms with van der Waals surface area (Å²) in [5.74, 6) is 0. The number of hydrogen-bond donors (Lipinski definition) is 0. The molecule has 0 N–H and O–H groups in total. The van der Waals surface area contributed by atoms with Crippen molar-refractivity contribution in [2.24, 2.45) is 0 Å². The lowest BCUT2D eigenvalue weighted by Gasteiger charge is -2.25. The topological polar surface area (TPSA) is 8.17 Å². The van der Waals surface area contributed by atoms with Crippen LogP contribution in [0, 0.1) is 0 Å². The van der Waals surface area contributed by atoms with Gasteiger partial charge in [0.25, 0.3) is 0 Å². The summed E-state index contributed by atoms with van der Waals surface area (Å²) in [4.78, 5) is 2.29. The van der Waals surface area contributed by atoms with Crippen LogP contribution in [0.2, 0.25) is 0 Å². The summed E-state index contributed by atoms with van der Waals surface area (Å²) < 4.78 is 4.60. The molecular weight excluding hydrogens is 764 g/mol. The molecule has 7 rings (SSSR count). The first-order valence-corrected chi connectivity index (χ1v) is 20.7. The van der Waals surface area contributed by atoms with E-state index < -0.39 is 0 Å². The van der Waals surface area contributed by atoms with Crippen LogP contribution in [-0.2, 0) is 12.8 Å². The molecule has 52 heavy (non-hydrogen) atoms. The molecule has 7 aromatic rings. The van der Waals surface area contributed by atoms with E-state index in [1.807, 2.05) is 0 Å². The number of nitrogens with zero attached hydrogens (tertiary/aromatic N) is 2. The van der Waals surface area contributed by atoms with Crippen molar-refractivity contribution in [1.29, 1.82) is 0 Å². The number of aromatic nitrogens is 1. The fourth-order valence-electron chi connectivity index (χ4n) is 7.45. The van der Waals surface area contributed by atoms with Gasteiger partial charge < -0.3 is 9.47 Å². The summed E-state index contributed by atoms with van der Waals surface area (Å²) in [7, 11) is 0. The van der Waals surface area contributed by atoms with E-state index in [0.29, 0.717) is 0 Å². The summed E-state index contributed by atoms with van der Waals surface area (Å²) in [6.45, 7) is 4.57. The second kappa shape index (κ2) is 17.1. The molecule has 0 unspecified atom stereocenters. The lowest BCUT2D eigenvalue weighted by molar-refractivity contribution is 0.667. The summed E-state index contributed by atoms with van der Waals surface area (Å²) in [5, 5.41) is 2.75. The molecule has 1 heterocycles. The first-order chi connectivity index (χ1) is 25.5. The van der Waals surface area contributed by atoms with Crippen LogP contribution in [0.15, 0.2) is 142 Å². The number of fused-ring (bicyclic) bond motifs is 3. The lowest BCUT2D eigenvalue weighted by atomic mass is 10.0. The van der Waals surface area contributed by atoms with Crippen LogP contribution >= 0.6 is 31.9 Å². The van der Waals surface area contributed by atoms with Crippen LogP contribution in [-0.4, -0.2) is 4.57 Å². The molecule has 0 spiro atoms. The number of rotatable bonds is 15. The van der Waals surface area contributed by atoms with Crippen LogP contribution in [0.1, 0.15) is 76.3 Å². The minimum absolute atomic E-state index is 1.07. The van der Waals surface area contributed by atoms with Crippen molar-refractivity contribution < 1.29 is 0 Å². The number of aryl methyl sites for hydroxylation is 2. The Balaban J connectivity index is 1.20. The Kier molecular flexibility index (Phi) is 11.9. The predicted octanol–water partition coefficient (Wildman–Crippen LogP) is 15.7. The number of benzene rings is 6. The fourth-order valence-corrected chi connectivity index (χ4v) is 7.98. The molecule has 0 radical (unpaired) electrons. The maximum absolute atomic E-state index is 3.60. The number of unbranched alkanes of at least 4 members (excludes halogenated alkanes) is 6. The standard InChI is InChI=1S/C48H48Br2N2/c1-3-5-7-9-11-35-13-31-47-45(33-35)46-34-36(12-10-8-6-4-2)14-32-48(46)52(47)44-25-17-38(18-26-44)37-15-23-41(24-16-37)51(42-27-19-39(49)20-28-42)43-29-21-40(50)22-30-43/h13-34H,3-12H2,1-2H3. The van der Waals surface area contributed by atoms with Crippen molar-refractivity contribution in [3.05, 3.63) is 154 Å². The van der Waals surface area contributed by atoms with Crippen molar-refractivity contribution in [2.75, 3.05) is 4.90 Å². The molecule has 0 aliphatic rings. The van der Waals surface area contributed by atoms with E-state index in [0.717, 1.165) is 38.8 Å². The Morgan fingerprint density at radius 1 is 0.442 bits per heavy atom. The Hall–Kier alpha value is -4.12. The highest BCUT2D eigenvalue weighted by Gasteiger charge is 2.16. The van der Waals surface area contributed by atoms with Crippen LogP contribution < -0.4 is 4.90 Å². The molecule has 0 saturated heterocycles. The van der Waals surface area contributed by atoms with Gasteiger partial charge in [0.2, 0.25) is 0 Å². The van der Waals surface area contributed by atoms with E-state index in [1.54, 1.807) is 0 Å². The van der Waals surface area contributed by atoms with Gasteiger partial charge in [-0.3, -0.25) is 0 Å². The Morgan fingerprint density at radius 2 is 0.846 bits per heavy atom. The van der Waals surface area contributed by atoms with Crippen LogP contribution in [0.5, 0.6) is 0 Å². The maximum Gasteiger partial charge on any atom is 0.0541 e. The third kappa shape index (κ3) is 8.24.